The summed E-state index contributed by atoms with van der Waals surface area (Å²) in [6.45, 7) is 6.70. The van der Waals surface area contributed by atoms with Gasteiger partial charge in [0.1, 0.15) is 18.2 Å². The van der Waals surface area contributed by atoms with Crippen LogP contribution in [0.15, 0.2) is 6.33 Å². The van der Waals surface area contributed by atoms with E-state index in [0.717, 1.165) is 31.8 Å². The van der Waals surface area contributed by atoms with Gasteiger partial charge in [0.2, 0.25) is 0 Å². The van der Waals surface area contributed by atoms with Gasteiger partial charge in [0.15, 0.2) is 0 Å². The van der Waals surface area contributed by atoms with Gasteiger partial charge in [-0.1, -0.05) is 13.3 Å². The third kappa shape index (κ3) is 2.69. The molecule has 1 unspecified atom stereocenters. The molecule has 0 N–H and O–H groups in total. The van der Waals surface area contributed by atoms with E-state index < -0.39 is 0 Å². The lowest BCUT2D eigenvalue weighted by Gasteiger charge is -2.32. The van der Waals surface area contributed by atoms with Crippen LogP contribution in [0.2, 0.25) is 0 Å². The summed E-state index contributed by atoms with van der Waals surface area (Å²) in [6.07, 6.45) is 3.53. The van der Waals surface area contributed by atoms with E-state index in [-0.39, 0.29) is 12.0 Å². The maximum atomic E-state index is 12.0. The Kier molecular flexibility index (Phi) is 4.30. The van der Waals surface area contributed by atoms with E-state index in [4.69, 9.17) is 4.74 Å². The second-order valence-electron chi connectivity index (χ2n) is 4.47. The van der Waals surface area contributed by atoms with E-state index in [1.54, 1.807) is 6.33 Å². The summed E-state index contributed by atoms with van der Waals surface area (Å²) in [5, 5.41) is 7.97. The largest absolute Gasteiger partial charge is 0.465 e. The lowest BCUT2D eigenvalue weighted by atomic mass is 10.1. The first kappa shape index (κ1) is 13.0. The maximum Gasteiger partial charge on any atom is 0.323 e. The van der Waals surface area contributed by atoms with Crippen molar-refractivity contribution >= 4 is 5.97 Å². The number of esters is 1. The molecule has 18 heavy (non-hydrogen) atoms. The number of hydrogen-bond acceptors (Lipinski definition) is 5. The number of hydrogen-bond donors (Lipinski definition) is 0. The molecule has 1 aromatic rings. The van der Waals surface area contributed by atoms with Crippen molar-refractivity contribution in [2.75, 3.05) is 13.2 Å². The smallest absolute Gasteiger partial charge is 0.323 e. The molecule has 0 aromatic carbocycles. The molecule has 0 aliphatic carbocycles. The Labute approximate surface area is 107 Å². The minimum absolute atomic E-state index is 0.118. The zero-order valence-corrected chi connectivity index (χ0v) is 11.0. The van der Waals surface area contributed by atoms with Gasteiger partial charge in [-0.25, -0.2) is 0 Å². The lowest BCUT2D eigenvalue weighted by molar-refractivity contribution is -0.150. The average Bonchev–Trinajstić information content (AvgIpc) is 2.83. The lowest BCUT2D eigenvalue weighted by Crippen LogP contribution is -2.46. The van der Waals surface area contributed by atoms with E-state index in [2.05, 4.69) is 22.0 Å². The summed E-state index contributed by atoms with van der Waals surface area (Å²) in [5.41, 5.74) is 0. The predicted octanol–water partition coefficient (Wildman–Crippen LogP) is 0.825. The summed E-state index contributed by atoms with van der Waals surface area (Å²) >= 11 is 0. The molecule has 0 saturated heterocycles. The third-order valence-electron chi connectivity index (χ3n) is 3.23. The molecule has 0 bridgehead atoms. The summed E-state index contributed by atoms with van der Waals surface area (Å²) in [6, 6.07) is -0.152. The molecule has 0 spiro atoms. The van der Waals surface area contributed by atoms with E-state index in [9.17, 15) is 4.79 Å². The van der Waals surface area contributed by atoms with Crippen LogP contribution in [0, 0.1) is 0 Å². The van der Waals surface area contributed by atoms with Crippen molar-refractivity contribution in [1.29, 1.82) is 0 Å². The van der Waals surface area contributed by atoms with Gasteiger partial charge in [-0.05, 0) is 13.3 Å². The second-order valence-corrected chi connectivity index (χ2v) is 4.47. The predicted molar refractivity (Wildman–Crippen MR) is 65.8 cm³/mol. The number of aromatic nitrogens is 3. The molecule has 2 heterocycles. The standard InChI is InChI=1S/C12H20N4O2/c1-3-5-10(12(17)18-4-2)15-6-7-16-9-13-14-11(16)8-15/h9-10H,3-8H2,1-2H3. The Bertz CT molecular complexity index is 405. The Morgan fingerprint density at radius 3 is 3.06 bits per heavy atom. The molecule has 0 fully saturated rings. The molecule has 6 heteroatoms. The van der Waals surface area contributed by atoms with Gasteiger partial charge in [-0.2, -0.15) is 0 Å². The molecule has 6 nitrogen and oxygen atoms in total. The number of fused-ring (bicyclic) bond motifs is 1. The molecule has 0 saturated carbocycles. The second kappa shape index (κ2) is 5.95. The Balaban J connectivity index is 2.06. The molecule has 0 radical (unpaired) electrons. The van der Waals surface area contributed by atoms with Crippen LogP contribution < -0.4 is 0 Å². The van der Waals surface area contributed by atoms with Crippen molar-refractivity contribution in [3.63, 3.8) is 0 Å². The first-order valence-electron chi connectivity index (χ1n) is 6.53. The number of ether oxygens (including phenoxy) is 1. The first-order chi connectivity index (χ1) is 8.76. The summed E-state index contributed by atoms with van der Waals surface area (Å²) in [7, 11) is 0. The highest BCUT2D eigenvalue weighted by atomic mass is 16.5. The van der Waals surface area contributed by atoms with Crippen LogP contribution >= 0.6 is 0 Å². The molecule has 1 atom stereocenters. The van der Waals surface area contributed by atoms with Gasteiger partial charge in [-0.15, -0.1) is 10.2 Å². The number of nitrogens with zero attached hydrogens (tertiary/aromatic N) is 4. The fourth-order valence-corrected chi connectivity index (χ4v) is 2.31. The van der Waals surface area contributed by atoms with Gasteiger partial charge in [0, 0.05) is 13.1 Å². The van der Waals surface area contributed by atoms with Gasteiger partial charge >= 0.3 is 5.97 Å². The molecule has 1 aliphatic heterocycles. The van der Waals surface area contributed by atoms with Crippen LogP contribution in [0.25, 0.3) is 0 Å². The van der Waals surface area contributed by atoms with Crippen LogP contribution in [0.1, 0.15) is 32.5 Å². The van der Waals surface area contributed by atoms with Crippen LogP contribution in [-0.4, -0.2) is 44.8 Å². The van der Waals surface area contributed by atoms with Crippen molar-refractivity contribution in [3.05, 3.63) is 12.2 Å². The molecular weight excluding hydrogens is 232 g/mol. The summed E-state index contributed by atoms with van der Waals surface area (Å²) < 4.78 is 7.19. The van der Waals surface area contributed by atoms with Crippen molar-refractivity contribution in [2.24, 2.45) is 0 Å². The quantitative estimate of drug-likeness (QED) is 0.726. The zero-order chi connectivity index (χ0) is 13.0. The van der Waals surface area contributed by atoms with Gasteiger partial charge in [-0.3, -0.25) is 9.69 Å². The van der Waals surface area contributed by atoms with E-state index in [0.29, 0.717) is 13.2 Å². The monoisotopic (exact) mass is 252 g/mol. The highest BCUT2D eigenvalue weighted by Gasteiger charge is 2.29. The minimum Gasteiger partial charge on any atom is -0.465 e. The Morgan fingerprint density at radius 1 is 1.50 bits per heavy atom. The zero-order valence-electron chi connectivity index (χ0n) is 11.0. The van der Waals surface area contributed by atoms with Crippen LogP contribution in [0.3, 0.4) is 0 Å². The Morgan fingerprint density at radius 2 is 2.33 bits per heavy atom. The van der Waals surface area contributed by atoms with E-state index in [1.165, 1.54) is 0 Å². The molecular formula is C12H20N4O2. The third-order valence-corrected chi connectivity index (χ3v) is 3.23. The molecule has 100 valence electrons. The fraction of sp³-hybridized carbons (Fsp3) is 0.750. The molecule has 2 rings (SSSR count). The van der Waals surface area contributed by atoms with E-state index in [1.807, 2.05) is 11.5 Å². The summed E-state index contributed by atoms with van der Waals surface area (Å²) in [4.78, 5) is 14.1. The fourth-order valence-electron chi connectivity index (χ4n) is 2.31. The van der Waals surface area contributed by atoms with Crippen molar-refractivity contribution < 1.29 is 9.53 Å². The Hall–Kier alpha value is -1.43. The van der Waals surface area contributed by atoms with Crippen molar-refractivity contribution in [1.82, 2.24) is 19.7 Å². The topological polar surface area (TPSA) is 60.2 Å². The number of carbonyl (C=O) groups is 1. The average molecular weight is 252 g/mol. The van der Waals surface area contributed by atoms with Crippen LogP contribution in [0.5, 0.6) is 0 Å². The SMILES string of the molecule is CCCC(C(=O)OCC)N1CCn2cnnc2C1. The minimum atomic E-state index is -0.152. The highest BCUT2D eigenvalue weighted by molar-refractivity contribution is 5.75. The molecule has 0 amide bonds. The molecule has 1 aromatic heterocycles. The van der Waals surface area contributed by atoms with Crippen molar-refractivity contribution in [2.45, 2.75) is 45.8 Å². The molecule has 1 aliphatic rings. The normalized spacial score (nSPS) is 17.2. The maximum absolute atomic E-state index is 12.0. The van der Waals surface area contributed by atoms with Gasteiger partial charge < -0.3 is 9.30 Å². The first-order valence-corrected chi connectivity index (χ1v) is 6.53. The number of carbonyl (C=O) groups excluding carboxylic acids is 1. The van der Waals surface area contributed by atoms with Gasteiger partial charge in [0.25, 0.3) is 0 Å². The van der Waals surface area contributed by atoms with Crippen molar-refractivity contribution in [3.8, 4) is 0 Å². The number of rotatable bonds is 5. The van der Waals surface area contributed by atoms with E-state index >= 15 is 0 Å². The van der Waals surface area contributed by atoms with Crippen LogP contribution in [0.4, 0.5) is 0 Å². The highest BCUT2D eigenvalue weighted by Crippen LogP contribution is 2.16. The van der Waals surface area contributed by atoms with Crippen LogP contribution in [-0.2, 0) is 22.6 Å². The van der Waals surface area contributed by atoms with Gasteiger partial charge in [0.05, 0.1) is 13.2 Å². The summed E-state index contributed by atoms with van der Waals surface area (Å²) in [5.74, 6) is 0.805.